The van der Waals surface area contributed by atoms with Crippen LogP contribution in [0.3, 0.4) is 0 Å². The fourth-order valence-corrected chi connectivity index (χ4v) is 5.31. The molecule has 1 aliphatic heterocycles. The fraction of sp³-hybridized carbons (Fsp3) is 0.560. The number of anilines is 1. The largest absolute Gasteiger partial charge is 0.363 e. The standard InChI is InChI=1S/C25H28ClF5N4O/c1-13(15-3-2-4-16(21(15)27)22(28)29)33-23-17-11-14(5-7-19(17)34-24(26)35-23)6-8-20(36)18-9-10-32-12-25(18,30)31/h2-4,13-14,18,22,32H,5-12H2,1H3,(H,33,34,35)/t13-,14?,18?/m1/s1. The summed E-state index contributed by atoms with van der Waals surface area (Å²) < 4.78 is 69.2. The molecule has 36 heavy (non-hydrogen) atoms. The summed E-state index contributed by atoms with van der Waals surface area (Å²) in [5, 5.41) is 5.73. The summed E-state index contributed by atoms with van der Waals surface area (Å²) in [6, 6.07) is 3.16. The highest BCUT2D eigenvalue weighted by atomic mass is 35.5. The van der Waals surface area contributed by atoms with Crippen LogP contribution in [0.5, 0.6) is 0 Å². The number of hydrogen-bond donors (Lipinski definition) is 2. The molecule has 11 heteroatoms. The lowest BCUT2D eigenvalue weighted by Gasteiger charge is -2.31. The van der Waals surface area contributed by atoms with Crippen LogP contribution in [0.15, 0.2) is 18.2 Å². The Hall–Kier alpha value is -2.33. The predicted molar refractivity (Wildman–Crippen MR) is 126 cm³/mol. The van der Waals surface area contributed by atoms with Crippen LogP contribution in [0.4, 0.5) is 27.8 Å². The molecule has 1 aliphatic carbocycles. The zero-order valence-electron chi connectivity index (χ0n) is 19.8. The van der Waals surface area contributed by atoms with E-state index >= 15 is 0 Å². The average Bonchev–Trinajstić information content (AvgIpc) is 2.82. The van der Waals surface area contributed by atoms with E-state index in [0.717, 1.165) is 23.7 Å². The number of piperidine rings is 1. The maximum Gasteiger partial charge on any atom is 0.269 e. The van der Waals surface area contributed by atoms with E-state index in [-0.39, 0.29) is 29.6 Å². The Morgan fingerprint density at radius 3 is 2.72 bits per heavy atom. The zero-order valence-corrected chi connectivity index (χ0v) is 20.5. The van der Waals surface area contributed by atoms with Crippen molar-refractivity contribution in [2.45, 2.75) is 63.8 Å². The lowest BCUT2D eigenvalue weighted by molar-refractivity contribution is -0.140. The second-order valence-electron chi connectivity index (χ2n) is 9.58. The maximum atomic E-state index is 14.7. The zero-order chi connectivity index (χ0) is 26.0. The van der Waals surface area contributed by atoms with Crippen LogP contribution < -0.4 is 10.6 Å². The highest BCUT2D eigenvalue weighted by Crippen LogP contribution is 2.36. The van der Waals surface area contributed by atoms with E-state index in [9.17, 15) is 26.7 Å². The van der Waals surface area contributed by atoms with Gasteiger partial charge in [0.2, 0.25) is 5.28 Å². The second-order valence-corrected chi connectivity index (χ2v) is 9.91. The van der Waals surface area contributed by atoms with Crippen molar-refractivity contribution < 1.29 is 26.7 Å². The Balaban J connectivity index is 1.47. The molecule has 0 bridgehead atoms. The van der Waals surface area contributed by atoms with E-state index in [0.29, 0.717) is 31.6 Å². The number of aryl methyl sites for hydroxylation is 1. The van der Waals surface area contributed by atoms with Crippen molar-refractivity contribution in [1.82, 2.24) is 15.3 Å². The number of nitrogens with zero attached hydrogens (tertiary/aromatic N) is 2. The molecule has 0 saturated carbocycles. The number of rotatable bonds is 8. The van der Waals surface area contributed by atoms with Gasteiger partial charge in [0.15, 0.2) is 0 Å². The molecule has 2 aromatic rings. The van der Waals surface area contributed by atoms with Crippen LogP contribution in [-0.2, 0) is 17.6 Å². The van der Waals surface area contributed by atoms with Gasteiger partial charge in [0.1, 0.15) is 17.4 Å². The molecule has 2 heterocycles. The third-order valence-electron chi connectivity index (χ3n) is 7.13. The molecule has 1 aromatic heterocycles. The Morgan fingerprint density at radius 1 is 1.25 bits per heavy atom. The van der Waals surface area contributed by atoms with Gasteiger partial charge in [-0.1, -0.05) is 18.2 Å². The van der Waals surface area contributed by atoms with Crippen molar-refractivity contribution >= 4 is 23.2 Å². The van der Waals surface area contributed by atoms with Gasteiger partial charge >= 0.3 is 0 Å². The smallest absolute Gasteiger partial charge is 0.269 e. The minimum absolute atomic E-state index is 0.00650. The van der Waals surface area contributed by atoms with Gasteiger partial charge in [0.25, 0.3) is 12.3 Å². The molecule has 1 saturated heterocycles. The van der Waals surface area contributed by atoms with Crippen LogP contribution >= 0.6 is 11.6 Å². The highest BCUT2D eigenvalue weighted by molar-refractivity contribution is 6.28. The Bertz CT molecular complexity index is 1120. The molecular weight excluding hydrogens is 503 g/mol. The number of hydrogen-bond acceptors (Lipinski definition) is 5. The molecule has 1 fully saturated rings. The van der Waals surface area contributed by atoms with Gasteiger partial charge in [-0.25, -0.2) is 31.9 Å². The lowest BCUT2D eigenvalue weighted by atomic mass is 9.81. The van der Waals surface area contributed by atoms with Gasteiger partial charge < -0.3 is 10.6 Å². The molecule has 5 nitrogen and oxygen atoms in total. The molecule has 4 rings (SSSR count). The minimum atomic E-state index is -3.04. The quantitative estimate of drug-likeness (QED) is 0.320. The molecule has 0 spiro atoms. The third-order valence-corrected chi connectivity index (χ3v) is 7.30. The number of alkyl halides is 4. The predicted octanol–water partition coefficient (Wildman–Crippen LogP) is 6.08. The average molecular weight is 531 g/mol. The molecule has 1 aromatic carbocycles. The summed E-state index contributed by atoms with van der Waals surface area (Å²) in [5.74, 6) is -5.26. The van der Waals surface area contributed by atoms with E-state index in [4.69, 9.17) is 11.6 Å². The highest BCUT2D eigenvalue weighted by Gasteiger charge is 2.45. The number of nitrogens with one attached hydrogen (secondary N) is 2. The van der Waals surface area contributed by atoms with Crippen molar-refractivity contribution in [2.24, 2.45) is 11.8 Å². The molecule has 0 radical (unpaired) electrons. The molecular formula is C25H28ClF5N4O. The number of fused-ring (bicyclic) bond motifs is 1. The normalized spacial score (nSPS) is 22.2. The van der Waals surface area contributed by atoms with E-state index < -0.39 is 48.0 Å². The van der Waals surface area contributed by atoms with Crippen LogP contribution in [0.1, 0.15) is 67.5 Å². The van der Waals surface area contributed by atoms with E-state index in [1.54, 1.807) is 6.92 Å². The number of ketones is 1. The second kappa shape index (κ2) is 11.0. The van der Waals surface area contributed by atoms with Crippen LogP contribution in [0.2, 0.25) is 5.28 Å². The van der Waals surface area contributed by atoms with Crippen molar-refractivity contribution in [2.75, 3.05) is 18.4 Å². The summed E-state index contributed by atoms with van der Waals surface area (Å²) in [4.78, 5) is 21.1. The van der Waals surface area contributed by atoms with Gasteiger partial charge in [-0.05, 0) is 63.1 Å². The fourth-order valence-electron chi connectivity index (χ4n) is 5.13. The van der Waals surface area contributed by atoms with Gasteiger partial charge in [0, 0.05) is 17.5 Å². The molecule has 2 N–H and O–H groups in total. The number of Topliss-reactive ketones (excluding diaryl/α,β-unsaturated/α-hetero) is 1. The number of carbonyl (C=O) groups excluding carboxylic acids is 1. The van der Waals surface area contributed by atoms with Gasteiger partial charge in [0.05, 0.1) is 29.8 Å². The molecule has 2 aliphatic rings. The summed E-state index contributed by atoms with van der Waals surface area (Å²) in [6.07, 6.45) is -0.501. The minimum Gasteiger partial charge on any atom is -0.363 e. The summed E-state index contributed by atoms with van der Waals surface area (Å²) in [6.45, 7) is 1.55. The molecule has 3 atom stereocenters. The molecule has 2 unspecified atom stereocenters. The van der Waals surface area contributed by atoms with Gasteiger partial charge in [-0.15, -0.1) is 0 Å². The summed E-state index contributed by atoms with van der Waals surface area (Å²) in [7, 11) is 0. The first kappa shape index (κ1) is 26.7. The van der Waals surface area contributed by atoms with Crippen molar-refractivity contribution in [3.8, 4) is 0 Å². The Morgan fingerprint density at radius 2 is 2.00 bits per heavy atom. The van der Waals surface area contributed by atoms with Crippen molar-refractivity contribution in [3.63, 3.8) is 0 Å². The number of benzene rings is 1. The van der Waals surface area contributed by atoms with E-state index in [2.05, 4.69) is 20.6 Å². The third kappa shape index (κ3) is 5.80. The van der Waals surface area contributed by atoms with Crippen LogP contribution in [-0.4, -0.2) is 34.8 Å². The first-order valence-electron chi connectivity index (χ1n) is 12.1. The monoisotopic (exact) mass is 530 g/mol. The maximum absolute atomic E-state index is 14.7. The van der Waals surface area contributed by atoms with Gasteiger partial charge in [-0.3, -0.25) is 4.79 Å². The van der Waals surface area contributed by atoms with E-state index in [1.165, 1.54) is 12.1 Å². The molecule has 196 valence electrons. The summed E-state index contributed by atoms with van der Waals surface area (Å²) in [5.41, 5.74) is 0.872. The topological polar surface area (TPSA) is 66.9 Å². The first-order chi connectivity index (χ1) is 17.1. The summed E-state index contributed by atoms with van der Waals surface area (Å²) >= 11 is 6.10. The van der Waals surface area contributed by atoms with Crippen molar-refractivity contribution in [3.05, 3.63) is 51.7 Å². The molecule has 0 amide bonds. The SMILES string of the molecule is C[C@@H](Nc1nc(Cl)nc2c1CC(CCC(=O)C1CCNCC1(F)F)CC2)c1cccc(C(F)F)c1F. The number of aromatic nitrogens is 2. The Labute approximate surface area is 211 Å². The number of carbonyl (C=O) groups is 1. The Kier molecular flexibility index (Phi) is 8.14. The first-order valence-corrected chi connectivity index (χ1v) is 12.4. The van der Waals surface area contributed by atoms with Crippen LogP contribution in [0, 0.1) is 17.7 Å². The van der Waals surface area contributed by atoms with E-state index in [1.807, 2.05) is 0 Å². The van der Waals surface area contributed by atoms with Crippen molar-refractivity contribution in [1.29, 1.82) is 0 Å². The van der Waals surface area contributed by atoms with Gasteiger partial charge in [-0.2, -0.15) is 0 Å². The van der Waals surface area contributed by atoms with Crippen LogP contribution in [0.25, 0.3) is 0 Å². The number of halogens is 6. The lowest BCUT2D eigenvalue weighted by Crippen LogP contribution is -2.49.